The molecule has 2 rings (SSSR count). The van der Waals surface area contributed by atoms with E-state index in [4.69, 9.17) is 4.74 Å². The van der Waals surface area contributed by atoms with Crippen molar-refractivity contribution < 1.29 is 4.74 Å². The maximum atomic E-state index is 5.57. The normalized spacial score (nSPS) is 27.5. The molecular weight excluding hydrogens is 174 g/mol. The highest BCUT2D eigenvalue weighted by Gasteiger charge is 2.20. The van der Waals surface area contributed by atoms with E-state index in [9.17, 15) is 0 Å². The van der Waals surface area contributed by atoms with Crippen molar-refractivity contribution in [2.75, 3.05) is 6.61 Å². The average molecular weight is 191 g/mol. The SMILES string of the molecule is CCC1NC(c2ccccc2)CCO1. The van der Waals surface area contributed by atoms with Gasteiger partial charge in [0.1, 0.15) is 6.23 Å². The molecule has 0 aliphatic carbocycles. The zero-order valence-corrected chi connectivity index (χ0v) is 8.57. The lowest BCUT2D eigenvalue weighted by Crippen LogP contribution is -2.40. The van der Waals surface area contributed by atoms with E-state index >= 15 is 0 Å². The van der Waals surface area contributed by atoms with Crippen LogP contribution < -0.4 is 5.32 Å². The molecule has 2 unspecified atom stereocenters. The van der Waals surface area contributed by atoms with Crippen molar-refractivity contribution in [1.82, 2.24) is 5.32 Å². The number of hydrogen-bond donors (Lipinski definition) is 1. The molecule has 76 valence electrons. The molecule has 0 bridgehead atoms. The molecule has 1 N–H and O–H groups in total. The van der Waals surface area contributed by atoms with Crippen LogP contribution in [0.2, 0.25) is 0 Å². The van der Waals surface area contributed by atoms with E-state index in [1.54, 1.807) is 0 Å². The zero-order chi connectivity index (χ0) is 9.80. The van der Waals surface area contributed by atoms with Crippen LogP contribution in [0.5, 0.6) is 0 Å². The Morgan fingerprint density at radius 2 is 2.14 bits per heavy atom. The molecule has 2 heteroatoms. The van der Waals surface area contributed by atoms with Gasteiger partial charge in [-0.2, -0.15) is 0 Å². The molecule has 0 spiro atoms. The number of ether oxygens (including phenoxy) is 1. The van der Waals surface area contributed by atoms with Crippen LogP contribution in [-0.2, 0) is 4.74 Å². The Morgan fingerprint density at radius 1 is 1.36 bits per heavy atom. The van der Waals surface area contributed by atoms with Gasteiger partial charge in [-0.1, -0.05) is 37.3 Å². The lowest BCUT2D eigenvalue weighted by molar-refractivity contribution is -0.0203. The van der Waals surface area contributed by atoms with Crippen LogP contribution in [0.1, 0.15) is 31.4 Å². The van der Waals surface area contributed by atoms with Crippen molar-refractivity contribution in [3.05, 3.63) is 35.9 Å². The minimum Gasteiger partial charge on any atom is -0.363 e. The molecule has 2 atom stereocenters. The van der Waals surface area contributed by atoms with Gasteiger partial charge in [-0.3, -0.25) is 5.32 Å². The van der Waals surface area contributed by atoms with Crippen LogP contribution in [-0.4, -0.2) is 12.8 Å². The first-order valence-corrected chi connectivity index (χ1v) is 5.32. The summed E-state index contributed by atoms with van der Waals surface area (Å²) in [5.74, 6) is 0. The molecule has 1 aromatic rings. The lowest BCUT2D eigenvalue weighted by Gasteiger charge is -2.31. The summed E-state index contributed by atoms with van der Waals surface area (Å²) in [4.78, 5) is 0. The monoisotopic (exact) mass is 191 g/mol. The van der Waals surface area contributed by atoms with Crippen LogP contribution in [0.15, 0.2) is 30.3 Å². The Kier molecular flexibility index (Phi) is 3.17. The van der Waals surface area contributed by atoms with Gasteiger partial charge in [-0.05, 0) is 18.4 Å². The topological polar surface area (TPSA) is 21.3 Å². The number of nitrogens with one attached hydrogen (secondary N) is 1. The smallest absolute Gasteiger partial charge is 0.108 e. The first kappa shape index (κ1) is 9.69. The fourth-order valence-corrected chi connectivity index (χ4v) is 1.87. The van der Waals surface area contributed by atoms with Crippen molar-refractivity contribution in [1.29, 1.82) is 0 Å². The second-order valence-electron chi connectivity index (χ2n) is 3.69. The van der Waals surface area contributed by atoms with Gasteiger partial charge in [0, 0.05) is 6.04 Å². The summed E-state index contributed by atoms with van der Waals surface area (Å²) in [6, 6.07) is 11.1. The minimum absolute atomic E-state index is 0.231. The summed E-state index contributed by atoms with van der Waals surface area (Å²) in [5, 5.41) is 3.50. The third kappa shape index (κ3) is 2.14. The highest BCUT2D eigenvalue weighted by molar-refractivity contribution is 5.19. The molecule has 1 saturated heterocycles. The summed E-state index contributed by atoms with van der Waals surface area (Å²) in [7, 11) is 0. The predicted octanol–water partition coefficient (Wildman–Crippen LogP) is 2.47. The first-order chi connectivity index (χ1) is 6.90. The van der Waals surface area contributed by atoms with E-state index in [0.29, 0.717) is 6.04 Å². The van der Waals surface area contributed by atoms with E-state index in [0.717, 1.165) is 19.4 Å². The van der Waals surface area contributed by atoms with E-state index in [1.165, 1.54) is 5.56 Å². The Labute approximate surface area is 85.3 Å². The highest BCUT2D eigenvalue weighted by atomic mass is 16.5. The molecule has 1 fully saturated rings. The molecule has 1 aliphatic heterocycles. The van der Waals surface area contributed by atoms with Gasteiger partial charge in [0.25, 0.3) is 0 Å². The molecule has 0 amide bonds. The minimum atomic E-state index is 0.231. The van der Waals surface area contributed by atoms with Gasteiger partial charge >= 0.3 is 0 Å². The molecule has 0 saturated carbocycles. The van der Waals surface area contributed by atoms with Crippen LogP contribution in [0.3, 0.4) is 0 Å². The molecule has 0 aromatic heterocycles. The summed E-state index contributed by atoms with van der Waals surface area (Å²) in [6.45, 7) is 3.01. The Morgan fingerprint density at radius 3 is 2.86 bits per heavy atom. The largest absolute Gasteiger partial charge is 0.363 e. The van der Waals surface area contributed by atoms with Gasteiger partial charge < -0.3 is 4.74 Å². The second kappa shape index (κ2) is 4.58. The van der Waals surface area contributed by atoms with Crippen molar-refractivity contribution in [3.63, 3.8) is 0 Å². The van der Waals surface area contributed by atoms with Crippen LogP contribution in [0, 0.1) is 0 Å². The van der Waals surface area contributed by atoms with Crippen molar-refractivity contribution in [2.45, 2.75) is 32.0 Å². The number of hydrogen-bond acceptors (Lipinski definition) is 2. The average Bonchev–Trinajstić information content (AvgIpc) is 2.30. The predicted molar refractivity (Wildman–Crippen MR) is 57.0 cm³/mol. The molecule has 1 heterocycles. The fraction of sp³-hybridized carbons (Fsp3) is 0.500. The molecule has 14 heavy (non-hydrogen) atoms. The Balaban J connectivity index is 2.04. The van der Waals surface area contributed by atoms with Gasteiger partial charge in [0.15, 0.2) is 0 Å². The van der Waals surface area contributed by atoms with E-state index in [2.05, 4.69) is 42.6 Å². The van der Waals surface area contributed by atoms with E-state index < -0.39 is 0 Å². The Hall–Kier alpha value is -0.860. The zero-order valence-electron chi connectivity index (χ0n) is 8.57. The molecule has 2 nitrogen and oxygen atoms in total. The first-order valence-electron chi connectivity index (χ1n) is 5.32. The highest BCUT2D eigenvalue weighted by Crippen LogP contribution is 2.21. The molecular formula is C12H17NO. The maximum Gasteiger partial charge on any atom is 0.108 e. The van der Waals surface area contributed by atoms with Crippen molar-refractivity contribution >= 4 is 0 Å². The van der Waals surface area contributed by atoms with E-state index in [-0.39, 0.29) is 6.23 Å². The fourth-order valence-electron chi connectivity index (χ4n) is 1.87. The van der Waals surface area contributed by atoms with Crippen molar-refractivity contribution in [3.8, 4) is 0 Å². The van der Waals surface area contributed by atoms with Crippen LogP contribution in [0.25, 0.3) is 0 Å². The molecule has 1 aromatic carbocycles. The van der Waals surface area contributed by atoms with Gasteiger partial charge in [0.05, 0.1) is 6.61 Å². The third-order valence-electron chi connectivity index (χ3n) is 2.69. The maximum absolute atomic E-state index is 5.57. The quantitative estimate of drug-likeness (QED) is 0.775. The standard InChI is InChI=1S/C12H17NO/c1-2-12-13-11(8-9-14-12)10-6-4-3-5-7-10/h3-7,11-13H,2,8-9H2,1H3. The number of benzene rings is 1. The molecule has 0 radical (unpaired) electrons. The van der Waals surface area contributed by atoms with Crippen LogP contribution >= 0.6 is 0 Å². The second-order valence-corrected chi connectivity index (χ2v) is 3.69. The van der Waals surface area contributed by atoms with Crippen LogP contribution in [0.4, 0.5) is 0 Å². The summed E-state index contributed by atoms with van der Waals surface area (Å²) >= 11 is 0. The van der Waals surface area contributed by atoms with Crippen molar-refractivity contribution in [2.24, 2.45) is 0 Å². The summed E-state index contributed by atoms with van der Waals surface area (Å²) in [6.07, 6.45) is 2.33. The Bertz CT molecular complexity index is 273. The van der Waals surface area contributed by atoms with Gasteiger partial charge in [-0.15, -0.1) is 0 Å². The third-order valence-corrected chi connectivity index (χ3v) is 2.69. The van der Waals surface area contributed by atoms with Gasteiger partial charge in [-0.25, -0.2) is 0 Å². The number of rotatable bonds is 2. The summed E-state index contributed by atoms with van der Waals surface area (Å²) < 4.78 is 5.57. The van der Waals surface area contributed by atoms with E-state index in [1.807, 2.05) is 0 Å². The van der Waals surface area contributed by atoms with Gasteiger partial charge in [0.2, 0.25) is 0 Å². The summed E-state index contributed by atoms with van der Waals surface area (Å²) in [5.41, 5.74) is 1.37. The molecule has 1 aliphatic rings. The lowest BCUT2D eigenvalue weighted by atomic mass is 10.0.